The number of ether oxygens (including phenoxy) is 2. The molecule has 172 valence electrons. The van der Waals surface area contributed by atoms with Crippen LogP contribution in [0.25, 0.3) is 0 Å². The smallest absolute Gasteiger partial charge is 0.257 e. The van der Waals surface area contributed by atoms with E-state index in [2.05, 4.69) is 33.2 Å². The summed E-state index contributed by atoms with van der Waals surface area (Å²) in [6.45, 7) is 7.41. The first-order valence-corrected chi connectivity index (χ1v) is 11.2. The number of carbonyl (C=O) groups is 1. The Labute approximate surface area is 204 Å². The summed E-state index contributed by atoms with van der Waals surface area (Å²) in [6.07, 6.45) is 0.778. The van der Waals surface area contributed by atoms with Gasteiger partial charge in [0.15, 0.2) is 18.1 Å². The third kappa shape index (κ3) is 9.64. The lowest BCUT2D eigenvalue weighted by atomic mass is 10.1. The number of halogens is 2. The van der Waals surface area contributed by atoms with Gasteiger partial charge in [-0.2, -0.15) is 0 Å². The van der Waals surface area contributed by atoms with Crippen LogP contribution in [-0.2, 0) is 17.8 Å². The van der Waals surface area contributed by atoms with E-state index in [4.69, 9.17) is 9.47 Å². The molecule has 6 nitrogen and oxygen atoms in total. The van der Waals surface area contributed by atoms with Gasteiger partial charge in [-0.1, -0.05) is 30.3 Å². The van der Waals surface area contributed by atoms with Gasteiger partial charge < -0.3 is 25.2 Å². The highest BCUT2D eigenvalue weighted by atomic mass is 127. The topological polar surface area (TPSA) is 79.8 Å². The molecule has 0 aliphatic carbocycles. The molecule has 0 fully saturated rings. The zero-order valence-corrected chi connectivity index (χ0v) is 21.2. The normalized spacial score (nSPS) is 10.9. The highest BCUT2D eigenvalue weighted by Gasteiger charge is 2.18. The van der Waals surface area contributed by atoms with E-state index in [1.54, 1.807) is 0 Å². The standard InChI is InChI=1S/C23H31IN2O4.ClH/c1-4-29-20-13-18(14-26-23(2,3)16-27)12-19(24)22(20)30-15-21(28)25-11-10-17-8-6-5-7-9-17;/h5-9,12-13,26-27H,4,10-11,14-16H2,1-3H3,(H,25,28);1H. The molecule has 0 aromatic heterocycles. The molecule has 31 heavy (non-hydrogen) atoms. The van der Waals surface area contributed by atoms with E-state index >= 15 is 0 Å². The lowest BCUT2D eigenvalue weighted by Gasteiger charge is -2.24. The molecule has 0 atom stereocenters. The number of aliphatic hydroxyl groups is 1. The number of nitrogens with one attached hydrogen (secondary N) is 2. The Morgan fingerprint density at radius 2 is 1.84 bits per heavy atom. The van der Waals surface area contributed by atoms with Crippen LogP contribution in [-0.4, -0.2) is 42.9 Å². The van der Waals surface area contributed by atoms with Crippen LogP contribution < -0.4 is 20.1 Å². The fraction of sp³-hybridized carbons (Fsp3) is 0.435. The minimum absolute atomic E-state index is 0. The maximum atomic E-state index is 12.2. The highest BCUT2D eigenvalue weighted by molar-refractivity contribution is 14.1. The van der Waals surface area contributed by atoms with E-state index in [0.717, 1.165) is 15.6 Å². The van der Waals surface area contributed by atoms with Gasteiger partial charge in [-0.25, -0.2) is 0 Å². The van der Waals surface area contributed by atoms with Crippen LogP contribution in [0.5, 0.6) is 11.5 Å². The van der Waals surface area contributed by atoms with Crippen LogP contribution in [0, 0.1) is 3.57 Å². The second-order valence-corrected chi connectivity index (χ2v) is 8.77. The molecule has 2 aromatic rings. The minimum Gasteiger partial charge on any atom is -0.490 e. The largest absolute Gasteiger partial charge is 0.490 e. The first kappa shape index (κ1) is 27.5. The SMILES string of the molecule is CCOc1cc(CNC(C)(C)CO)cc(I)c1OCC(=O)NCCc1ccccc1.Cl. The Hall–Kier alpha value is -1.55. The third-order valence-corrected chi connectivity index (χ3v) is 5.26. The van der Waals surface area contributed by atoms with E-state index in [1.165, 1.54) is 5.56 Å². The summed E-state index contributed by atoms with van der Waals surface area (Å²) >= 11 is 2.19. The van der Waals surface area contributed by atoms with Crippen LogP contribution in [0.3, 0.4) is 0 Å². The Bertz CT molecular complexity index is 819. The number of carbonyl (C=O) groups excluding carboxylic acids is 1. The summed E-state index contributed by atoms with van der Waals surface area (Å²) in [5.41, 5.74) is 1.83. The molecule has 0 bridgehead atoms. The maximum absolute atomic E-state index is 12.2. The Kier molecular flexibility index (Phi) is 12.2. The molecule has 0 heterocycles. The molecule has 2 aromatic carbocycles. The molecule has 3 N–H and O–H groups in total. The van der Waals surface area contributed by atoms with Crippen molar-refractivity contribution in [1.29, 1.82) is 0 Å². The van der Waals surface area contributed by atoms with Gasteiger partial charge in [0.1, 0.15) is 0 Å². The third-order valence-electron chi connectivity index (χ3n) is 4.46. The van der Waals surface area contributed by atoms with E-state index < -0.39 is 0 Å². The molecule has 0 aliphatic rings. The number of amides is 1. The first-order chi connectivity index (χ1) is 14.3. The molecule has 0 radical (unpaired) electrons. The van der Waals surface area contributed by atoms with Gasteiger partial charge in [-0.15, -0.1) is 12.4 Å². The van der Waals surface area contributed by atoms with Crippen molar-refractivity contribution in [1.82, 2.24) is 10.6 Å². The van der Waals surface area contributed by atoms with Crippen LogP contribution in [0.1, 0.15) is 31.9 Å². The fourth-order valence-electron chi connectivity index (χ4n) is 2.70. The predicted molar refractivity (Wildman–Crippen MR) is 134 cm³/mol. The van der Waals surface area contributed by atoms with Gasteiger partial charge in [0, 0.05) is 18.6 Å². The van der Waals surface area contributed by atoms with Gasteiger partial charge >= 0.3 is 0 Å². The predicted octanol–water partition coefficient (Wildman–Crippen LogP) is 3.71. The molecular weight excluding hydrogens is 531 g/mol. The second-order valence-electron chi connectivity index (χ2n) is 7.61. The first-order valence-electron chi connectivity index (χ1n) is 10.1. The van der Waals surface area contributed by atoms with Crippen molar-refractivity contribution in [3.8, 4) is 11.5 Å². The molecule has 2 rings (SSSR count). The molecule has 0 unspecified atom stereocenters. The molecule has 0 aliphatic heterocycles. The van der Waals surface area contributed by atoms with Crippen molar-refractivity contribution in [2.45, 2.75) is 39.3 Å². The van der Waals surface area contributed by atoms with Crippen LogP contribution >= 0.6 is 35.0 Å². The van der Waals surface area contributed by atoms with Crippen LogP contribution in [0.2, 0.25) is 0 Å². The molecule has 0 spiro atoms. The number of benzene rings is 2. The van der Waals surface area contributed by atoms with E-state index in [9.17, 15) is 9.90 Å². The molecular formula is C23H32ClIN2O4. The van der Waals surface area contributed by atoms with Crippen molar-refractivity contribution in [2.75, 3.05) is 26.4 Å². The quantitative estimate of drug-likeness (QED) is 0.344. The number of hydrogen-bond acceptors (Lipinski definition) is 5. The van der Waals surface area contributed by atoms with E-state index in [0.29, 0.717) is 31.2 Å². The molecule has 1 amide bonds. The summed E-state index contributed by atoms with van der Waals surface area (Å²) in [5.74, 6) is 1.01. The van der Waals surface area contributed by atoms with Crippen molar-refractivity contribution in [2.24, 2.45) is 0 Å². The van der Waals surface area contributed by atoms with Gasteiger partial charge in [-0.05, 0) is 73.0 Å². The average Bonchev–Trinajstić information content (AvgIpc) is 2.73. The lowest BCUT2D eigenvalue weighted by molar-refractivity contribution is -0.123. The monoisotopic (exact) mass is 562 g/mol. The highest BCUT2D eigenvalue weighted by Crippen LogP contribution is 2.34. The van der Waals surface area contributed by atoms with Gasteiger partial charge in [0.05, 0.1) is 16.8 Å². The maximum Gasteiger partial charge on any atom is 0.257 e. The van der Waals surface area contributed by atoms with Crippen molar-refractivity contribution in [3.63, 3.8) is 0 Å². The zero-order valence-electron chi connectivity index (χ0n) is 18.2. The summed E-state index contributed by atoms with van der Waals surface area (Å²) in [4.78, 5) is 12.2. The number of hydrogen-bond donors (Lipinski definition) is 3. The number of rotatable bonds is 12. The molecule has 8 heteroatoms. The fourth-order valence-corrected chi connectivity index (χ4v) is 3.52. The lowest BCUT2D eigenvalue weighted by Crippen LogP contribution is -2.42. The summed E-state index contributed by atoms with van der Waals surface area (Å²) < 4.78 is 12.4. The van der Waals surface area contributed by atoms with Crippen LogP contribution in [0.4, 0.5) is 0 Å². The average molecular weight is 563 g/mol. The summed E-state index contributed by atoms with van der Waals surface area (Å²) in [6, 6.07) is 13.9. The molecule has 0 saturated heterocycles. The number of aliphatic hydroxyl groups excluding tert-OH is 1. The second kappa shape index (κ2) is 13.8. The van der Waals surface area contributed by atoms with Crippen molar-refractivity contribution < 1.29 is 19.4 Å². The van der Waals surface area contributed by atoms with Crippen LogP contribution in [0.15, 0.2) is 42.5 Å². The van der Waals surface area contributed by atoms with Gasteiger partial charge in [0.25, 0.3) is 5.91 Å². The Morgan fingerprint density at radius 3 is 2.48 bits per heavy atom. The minimum atomic E-state index is -0.371. The Balaban J connectivity index is 0.00000480. The van der Waals surface area contributed by atoms with Gasteiger partial charge in [-0.3, -0.25) is 4.79 Å². The van der Waals surface area contributed by atoms with Crippen molar-refractivity contribution in [3.05, 3.63) is 57.2 Å². The summed E-state index contributed by atoms with van der Waals surface area (Å²) in [7, 11) is 0. The Morgan fingerprint density at radius 1 is 1.13 bits per heavy atom. The zero-order chi connectivity index (χ0) is 22.0. The molecule has 0 saturated carbocycles. The van der Waals surface area contributed by atoms with Gasteiger partial charge in [0.2, 0.25) is 0 Å². The summed E-state index contributed by atoms with van der Waals surface area (Å²) in [5, 5.41) is 15.6. The van der Waals surface area contributed by atoms with E-state index in [1.807, 2.05) is 63.2 Å². The van der Waals surface area contributed by atoms with Crippen molar-refractivity contribution >= 4 is 40.9 Å². The van der Waals surface area contributed by atoms with E-state index in [-0.39, 0.29) is 37.1 Å².